The molecule has 3 nitrogen and oxygen atoms in total. The summed E-state index contributed by atoms with van der Waals surface area (Å²) in [6.07, 6.45) is -3.46. The van der Waals surface area contributed by atoms with Crippen LogP contribution in [-0.2, 0) is 6.18 Å². The molecule has 0 fully saturated rings. The van der Waals surface area contributed by atoms with Gasteiger partial charge in [-0.3, -0.25) is 0 Å². The molecule has 1 N–H and O–H groups in total. The monoisotopic (exact) mass is 272 g/mol. The number of aromatic nitrogens is 2. The van der Waals surface area contributed by atoms with E-state index in [-0.39, 0.29) is 10.9 Å². The second-order valence-electron chi connectivity index (χ2n) is 3.29. The van der Waals surface area contributed by atoms with Gasteiger partial charge < -0.3 is 5.11 Å². The van der Waals surface area contributed by atoms with Crippen LogP contribution in [0.3, 0.4) is 0 Å². The first-order valence-electron chi connectivity index (χ1n) is 4.83. The Morgan fingerprint density at radius 1 is 1.11 bits per heavy atom. The van der Waals surface area contributed by atoms with Crippen molar-refractivity contribution in [2.24, 2.45) is 0 Å². The van der Waals surface area contributed by atoms with Gasteiger partial charge in [0.1, 0.15) is 11.4 Å². The molecule has 7 heteroatoms. The molecular weight excluding hydrogens is 265 g/mol. The zero-order chi connectivity index (χ0) is 13.2. The minimum atomic E-state index is -4.50. The maximum absolute atomic E-state index is 12.4. The molecule has 18 heavy (non-hydrogen) atoms. The Hall–Kier alpha value is -1.76. The van der Waals surface area contributed by atoms with Crippen LogP contribution < -0.4 is 0 Å². The number of para-hydroxylation sites is 1. The van der Waals surface area contributed by atoms with Crippen molar-refractivity contribution >= 4 is 11.8 Å². The van der Waals surface area contributed by atoms with Crippen LogP contribution in [0.15, 0.2) is 46.6 Å². The van der Waals surface area contributed by atoms with Gasteiger partial charge in [0.15, 0.2) is 5.16 Å². The molecule has 2 aromatic rings. The van der Waals surface area contributed by atoms with E-state index >= 15 is 0 Å². The van der Waals surface area contributed by atoms with E-state index in [0.717, 1.165) is 24.0 Å². The molecule has 0 amide bonds. The van der Waals surface area contributed by atoms with Crippen molar-refractivity contribution in [3.05, 3.63) is 42.2 Å². The molecule has 0 saturated carbocycles. The summed E-state index contributed by atoms with van der Waals surface area (Å²) in [5.74, 6) is -0.0245. The highest BCUT2D eigenvalue weighted by Gasteiger charge is 2.32. The number of phenolic OH excluding ortho intramolecular Hbond substituents is 1. The van der Waals surface area contributed by atoms with Gasteiger partial charge in [0.25, 0.3) is 0 Å². The number of hydrogen-bond donors (Lipinski definition) is 1. The minimum Gasteiger partial charge on any atom is -0.507 e. The van der Waals surface area contributed by atoms with E-state index in [1.807, 2.05) is 0 Å². The number of halogens is 3. The summed E-state index contributed by atoms with van der Waals surface area (Å²) in [6.45, 7) is 0. The van der Waals surface area contributed by atoms with E-state index in [0.29, 0.717) is 4.90 Å². The van der Waals surface area contributed by atoms with Gasteiger partial charge in [-0.05, 0) is 30.0 Å². The minimum absolute atomic E-state index is 0.0245. The van der Waals surface area contributed by atoms with Crippen LogP contribution in [0, 0.1) is 0 Å². The van der Waals surface area contributed by atoms with Crippen molar-refractivity contribution in [2.75, 3.05) is 0 Å². The Morgan fingerprint density at radius 3 is 2.50 bits per heavy atom. The molecule has 0 spiro atoms. The molecule has 1 aromatic heterocycles. The Balaban J connectivity index is 2.28. The van der Waals surface area contributed by atoms with E-state index in [1.54, 1.807) is 18.2 Å². The summed E-state index contributed by atoms with van der Waals surface area (Å²) in [5, 5.41) is 9.44. The Morgan fingerprint density at radius 2 is 1.83 bits per heavy atom. The highest BCUT2D eigenvalue weighted by Crippen LogP contribution is 2.33. The zero-order valence-electron chi connectivity index (χ0n) is 8.85. The third-order valence-corrected chi connectivity index (χ3v) is 2.93. The molecule has 0 bridgehead atoms. The van der Waals surface area contributed by atoms with E-state index in [4.69, 9.17) is 0 Å². The molecule has 0 unspecified atom stereocenters. The van der Waals surface area contributed by atoms with Gasteiger partial charge in [-0.1, -0.05) is 12.1 Å². The van der Waals surface area contributed by atoms with Crippen LogP contribution in [0.1, 0.15) is 5.69 Å². The van der Waals surface area contributed by atoms with Crippen molar-refractivity contribution in [2.45, 2.75) is 16.2 Å². The van der Waals surface area contributed by atoms with Crippen molar-refractivity contribution in [1.29, 1.82) is 0 Å². The lowest BCUT2D eigenvalue weighted by atomic mass is 10.3. The first-order valence-corrected chi connectivity index (χ1v) is 5.64. The topological polar surface area (TPSA) is 46.0 Å². The summed E-state index contributed by atoms with van der Waals surface area (Å²) in [5.41, 5.74) is -1.00. The zero-order valence-corrected chi connectivity index (χ0v) is 9.66. The second-order valence-corrected chi connectivity index (χ2v) is 4.30. The van der Waals surface area contributed by atoms with Crippen LogP contribution in [0.25, 0.3) is 0 Å². The molecule has 0 aliphatic heterocycles. The van der Waals surface area contributed by atoms with Gasteiger partial charge in [0.2, 0.25) is 0 Å². The van der Waals surface area contributed by atoms with Crippen molar-refractivity contribution in [1.82, 2.24) is 9.97 Å². The van der Waals surface area contributed by atoms with Crippen molar-refractivity contribution < 1.29 is 18.3 Å². The van der Waals surface area contributed by atoms with E-state index in [9.17, 15) is 18.3 Å². The van der Waals surface area contributed by atoms with Crippen LogP contribution in [0.4, 0.5) is 13.2 Å². The fraction of sp³-hybridized carbons (Fsp3) is 0.0909. The quantitative estimate of drug-likeness (QED) is 0.851. The first kappa shape index (κ1) is 12.7. The molecule has 0 radical (unpaired) electrons. The Bertz CT molecular complexity index is 560. The SMILES string of the molecule is Oc1ccccc1Sc1nccc(C(F)(F)F)n1. The summed E-state index contributed by atoms with van der Waals surface area (Å²) < 4.78 is 37.3. The third kappa shape index (κ3) is 2.92. The number of rotatable bonds is 2. The van der Waals surface area contributed by atoms with Crippen molar-refractivity contribution in [3.8, 4) is 5.75 Å². The Kier molecular flexibility index (Phi) is 3.42. The summed E-state index contributed by atoms with van der Waals surface area (Å²) in [7, 11) is 0. The van der Waals surface area contributed by atoms with Crippen LogP contribution in [0.2, 0.25) is 0 Å². The molecular formula is C11H7F3N2OS. The first-order chi connectivity index (χ1) is 8.47. The molecule has 1 aromatic carbocycles. The molecule has 0 aliphatic carbocycles. The number of aromatic hydroxyl groups is 1. The van der Waals surface area contributed by atoms with Gasteiger partial charge in [0, 0.05) is 6.20 Å². The normalized spacial score (nSPS) is 11.5. The largest absolute Gasteiger partial charge is 0.507 e. The maximum Gasteiger partial charge on any atom is 0.433 e. The summed E-state index contributed by atoms with van der Waals surface area (Å²) >= 11 is 0.872. The standard InChI is InChI=1S/C11H7F3N2OS/c12-11(13,14)9-5-6-15-10(16-9)18-8-4-2-1-3-7(8)17/h1-6,17H. The highest BCUT2D eigenvalue weighted by atomic mass is 32.2. The van der Waals surface area contributed by atoms with Crippen LogP contribution in [-0.4, -0.2) is 15.1 Å². The number of benzene rings is 1. The fourth-order valence-corrected chi connectivity index (χ4v) is 1.96. The molecule has 2 rings (SSSR count). The number of nitrogens with zero attached hydrogens (tertiary/aromatic N) is 2. The lowest BCUT2D eigenvalue weighted by molar-refractivity contribution is -0.141. The summed E-state index contributed by atoms with van der Waals surface area (Å²) in [4.78, 5) is 7.53. The van der Waals surface area contributed by atoms with E-state index < -0.39 is 11.9 Å². The lowest BCUT2D eigenvalue weighted by Gasteiger charge is -2.07. The van der Waals surface area contributed by atoms with Gasteiger partial charge >= 0.3 is 6.18 Å². The summed E-state index contributed by atoms with van der Waals surface area (Å²) in [6, 6.07) is 7.09. The average molecular weight is 272 g/mol. The molecule has 0 atom stereocenters. The number of alkyl halides is 3. The van der Waals surface area contributed by atoms with Crippen LogP contribution >= 0.6 is 11.8 Å². The second kappa shape index (κ2) is 4.85. The van der Waals surface area contributed by atoms with Gasteiger partial charge in [0.05, 0.1) is 4.90 Å². The third-order valence-electron chi connectivity index (χ3n) is 1.99. The molecule has 94 valence electrons. The Labute approximate surface area is 105 Å². The molecule has 0 aliphatic rings. The van der Waals surface area contributed by atoms with E-state index in [2.05, 4.69) is 9.97 Å². The predicted octanol–water partition coefficient (Wildman–Crippen LogP) is 3.35. The fourth-order valence-electron chi connectivity index (χ4n) is 1.19. The smallest absolute Gasteiger partial charge is 0.433 e. The lowest BCUT2D eigenvalue weighted by Crippen LogP contribution is -2.08. The highest BCUT2D eigenvalue weighted by molar-refractivity contribution is 7.99. The maximum atomic E-state index is 12.4. The number of phenols is 1. The molecule has 1 heterocycles. The number of hydrogen-bond acceptors (Lipinski definition) is 4. The van der Waals surface area contributed by atoms with Gasteiger partial charge in [-0.2, -0.15) is 13.2 Å². The average Bonchev–Trinajstić information content (AvgIpc) is 2.31. The van der Waals surface area contributed by atoms with Crippen LogP contribution in [0.5, 0.6) is 5.75 Å². The predicted molar refractivity (Wildman–Crippen MR) is 59.3 cm³/mol. The van der Waals surface area contributed by atoms with E-state index in [1.165, 1.54) is 6.07 Å². The van der Waals surface area contributed by atoms with Gasteiger partial charge in [-0.15, -0.1) is 0 Å². The van der Waals surface area contributed by atoms with Gasteiger partial charge in [-0.25, -0.2) is 9.97 Å². The van der Waals surface area contributed by atoms with Crippen molar-refractivity contribution in [3.63, 3.8) is 0 Å². The molecule has 0 saturated heterocycles.